The number of anilines is 1. The van der Waals surface area contributed by atoms with Gasteiger partial charge in [0.05, 0.1) is 17.1 Å². The maximum absolute atomic E-state index is 12.7. The van der Waals surface area contributed by atoms with E-state index in [0.717, 1.165) is 10.8 Å². The number of hydroxylamine groups is 2. The number of hydrogen-bond donors (Lipinski definition) is 0. The molecule has 7 nitrogen and oxygen atoms in total. The summed E-state index contributed by atoms with van der Waals surface area (Å²) in [7, 11) is 0. The summed E-state index contributed by atoms with van der Waals surface area (Å²) in [5, 5.41) is 25.3. The maximum Gasteiger partial charge on any atom is 0.286 e. The highest BCUT2D eigenvalue weighted by Gasteiger charge is 2.59. The summed E-state index contributed by atoms with van der Waals surface area (Å²) in [6.07, 6.45) is 0. The van der Waals surface area contributed by atoms with Crippen molar-refractivity contribution in [1.29, 1.82) is 0 Å². The number of benzene rings is 1. The number of nitro groups is 1. The lowest BCUT2D eigenvalue weighted by Crippen LogP contribution is -2.53. The molecule has 0 saturated carbocycles. The molecule has 3 rings (SSSR count). The molecule has 7 heteroatoms. The van der Waals surface area contributed by atoms with Crippen LogP contribution in [0.2, 0.25) is 0 Å². The molecule has 0 spiro atoms. The molecular weight excluding hydrogens is 296 g/mol. The van der Waals surface area contributed by atoms with Gasteiger partial charge in [0.25, 0.3) is 5.70 Å². The van der Waals surface area contributed by atoms with E-state index in [1.165, 1.54) is 0 Å². The largest absolute Gasteiger partial charge is 0.343 e. The van der Waals surface area contributed by atoms with Gasteiger partial charge in [0.15, 0.2) is 0 Å². The molecule has 0 aliphatic carbocycles. The van der Waals surface area contributed by atoms with E-state index >= 15 is 0 Å². The summed E-state index contributed by atoms with van der Waals surface area (Å²) in [5.41, 5.74) is -0.238. The lowest BCUT2D eigenvalue weighted by atomic mass is 9.98. The molecule has 1 radical (unpaired) electrons. The van der Waals surface area contributed by atoms with Crippen molar-refractivity contribution in [2.45, 2.75) is 38.9 Å². The summed E-state index contributed by atoms with van der Waals surface area (Å²) in [5.74, 6) is 0. The summed E-state index contributed by atoms with van der Waals surface area (Å²) in [4.78, 5) is 15.1. The van der Waals surface area contributed by atoms with Crippen molar-refractivity contribution in [1.82, 2.24) is 9.96 Å². The lowest BCUT2D eigenvalue weighted by molar-refractivity contribution is -0.429. The molecule has 23 heavy (non-hydrogen) atoms. The molecule has 0 unspecified atom stereocenters. The van der Waals surface area contributed by atoms with Gasteiger partial charge in [0.1, 0.15) is 17.9 Å². The molecule has 0 N–H and O–H groups in total. The molecule has 1 fully saturated rings. The minimum absolute atomic E-state index is 0.0940. The van der Waals surface area contributed by atoms with Crippen molar-refractivity contribution < 1.29 is 10.1 Å². The van der Waals surface area contributed by atoms with Gasteiger partial charge in [-0.05, 0) is 39.8 Å². The van der Waals surface area contributed by atoms with Gasteiger partial charge in [-0.3, -0.25) is 10.1 Å². The van der Waals surface area contributed by atoms with Gasteiger partial charge in [-0.15, -0.1) is 10.3 Å². The Bertz CT molecular complexity index is 669. The number of hydrogen-bond acceptors (Lipinski definition) is 5. The first-order chi connectivity index (χ1) is 10.7. The van der Waals surface area contributed by atoms with E-state index < -0.39 is 11.2 Å². The highest BCUT2D eigenvalue weighted by atomic mass is 16.6. The van der Waals surface area contributed by atoms with Crippen molar-refractivity contribution in [3.8, 4) is 0 Å². The van der Waals surface area contributed by atoms with Crippen molar-refractivity contribution in [3.63, 3.8) is 0 Å². The predicted octanol–water partition coefficient (Wildman–Crippen LogP) is 2.43. The topological polar surface area (TPSA) is 72.8 Å². The van der Waals surface area contributed by atoms with E-state index in [-0.39, 0.29) is 17.2 Å². The Balaban J connectivity index is 2.13. The van der Waals surface area contributed by atoms with Crippen LogP contribution in [0.5, 0.6) is 0 Å². The summed E-state index contributed by atoms with van der Waals surface area (Å²) in [6, 6.07) is 9.56. The third kappa shape index (κ3) is 2.19. The second-order valence-corrected chi connectivity index (χ2v) is 7.00. The van der Waals surface area contributed by atoms with Crippen LogP contribution >= 0.6 is 0 Å². The molecule has 1 aromatic rings. The van der Waals surface area contributed by atoms with Gasteiger partial charge in [-0.1, -0.05) is 18.2 Å². The summed E-state index contributed by atoms with van der Waals surface area (Å²) >= 11 is 0. The minimum Gasteiger partial charge on any atom is -0.343 e. The normalized spacial score (nSPS) is 23.2. The highest BCUT2D eigenvalue weighted by molar-refractivity contribution is 5.49. The first kappa shape index (κ1) is 15.8. The maximum atomic E-state index is 12.7. The average molecular weight is 317 g/mol. The molecule has 1 saturated heterocycles. The minimum atomic E-state index is -0.922. The van der Waals surface area contributed by atoms with Crippen LogP contribution < -0.4 is 4.90 Å². The SMILES string of the molecule is CC1(C)C2=C([N+](=O)[O-])CN(c3ccccc3)CN2C(C)(C)N1[O]. The fourth-order valence-electron chi connectivity index (χ4n) is 3.68. The van der Waals surface area contributed by atoms with E-state index in [0.29, 0.717) is 12.4 Å². The smallest absolute Gasteiger partial charge is 0.286 e. The van der Waals surface area contributed by atoms with E-state index in [9.17, 15) is 15.3 Å². The molecule has 0 amide bonds. The van der Waals surface area contributed by atoms with Gasteiger partial charge in [-0.2, -0.15) is 0 Å². The Hall–Kier alpha value is -2.12. The Labute approximate surface area is 135 Å². The zero-order valence-corrected chi connectivity index (χ0v) is 13.8. The van der Waals surface area contributed by atoms with Gasteiger partial charge in [0, 0.05) is 5.69 Å². The summed E-state index contributed by atoms with van der Waals surface area (Å²) in [6.45, 7) is 7.75. The van der Waals surface area contributed by atoms with E-state index in [4.69, 9.17) is 0 Å². The van der Waals surface area contributed by atoms with Crippen LogP contribution in [0.4, 0.5) is 5.69 Å². The highest BCUT2D eigenvalue weighted by Crippen LogP contribution is 2.47. The fraction of sp³-hybridized carbons (Fsp3) is 0.500. The molecule has 2 aliphatic heterocycles. The second-order valence-electron chi connectivity index (χ2n) is 7.00. The first-order valence-electron chi connectivity index (χ1n) is 7.60. The Morgan fingerprint density at radius 3 is 2.30 bits per heavy atom. The van der Waals surface area contributed by atoms with Crippen molar-refractivity contribution >= 4 is 5.69 Å². The first-order valence-corrected chi connectivity index (χ1v) is 7.60. The number of rotatable bonds is 2. The monoisotopic (exact) mass is 317 g/mol. The van der Waals surface area contributed by atoms with Crippen LogP contribution in [0.3, 0.4) is 0 Å². The molecular formula is C16H21N4O3. The average Bonchev–Trinajstić information content (AvgIpc) is 2.66. The van der Waals surface area contributed by atoms with Crippen LogP contribution in [0.1, 0.15) is 27.7 Å². The molecule has 1 aromatic carbocycles. The summed E-state index contributed by atoms with van der Waals surface area (Å²) < 4.78 is 0. The van der Waals surface area contributed by atoms with Crippen LogP contribution in [0, 0.1) is 10.1 Å². The van der Waals surface area contributed by atoms with Crippen LogP contribution in [-0.4, -0.2) is 39.3 Å². The number of fused-ring (bicyclic) bond motifs is 1. The van der Waals surface area contributed by atoms with Crippen molar-refractivity contribution in [2.75, 3.05) is 18.1 Å². The predicted molar refractivity (Wildman–Crippen MR) is 85.2 cm³/mol. The van der Waals surface area contributed by atoms with Crippen molar-refractivity contribution in [3.05, 3.63) is 51.8 Å². The van der Waals surface area contributed by atoms with E-state index in [1.54, 1.807) is 27.7 Å². The zero-order valence-electron chi connectivity index (χ0n) is 13.8. The standard InChI is InChI=1S/C16H21N4O3/c1-15(2)14-13(19(21)22)10-17(12-8-6-5-7-9-12)11-18(14)16(3,4)20(15)23/h5-9H,10-11H2,1-4H3. The van der Waals surface area contributed by atoms with Crippen LogP contribution in [0.15, 0.2) is 41.7 Å². The van der Waals surface area contributed by atoms with Gasteiger partial charge >= 0.3 is 0 Å². The molecule has 2 heterocycles. The Morgan fingerprint density at radius 1 is 1.13 bits per heavy atom. The molecule has 2 aliphatic rings. The third-order valence-electron chi connectivity index (χ3n) is 4.78. The van der Waals surface area contributed by atoms with Crippen LogP contribution in [0.25, 0.3) is 0 Å². The van der Waals surface area contributed by atoms with Crippen molar-refractivity contribution in [2.24, 2.45) is 0 Å². The van der Waals surface area contributed by atoms with Crippen LogP contribution in [-0.2, 0) is 5.21 Å². The molecule has 0 aromatic heterocycles. The fourth-order valence-corrected chi connectivity index (χ4v) is 3.68. The van der Waals surface area contributed by atoms with Gasteiger partial charge in [0.2, 0.25) is 0 Å². The van der Waals surface area contributed by atoms with Gasteiger partial charge in [-0.25, -0.2) is 0 Å². The number of nitrogens with zero attached hydrogens (tertiary/aromatic N) is 4. The quantitative estimate of drug-likeness (QED) is 0.619. The molecule has 0 atom stereocenters. The Kier molecular flexibility index (Phi) is 3.38. The van der Waals surface area contributed by atoms with Gasteiger partial charge < -0.3 is 9.80 Å². The third-order valence-corrected chi connectivity index (χ3v) is 4.78. The molecule has 123 valence electrons. The zero-order chi connectivity index (χ0) is 17.0. The second kappa shape index (κ2) is 4.94. The number of para-hydroxylation sites is 1. The lowest BCUT2D eigenvalue weighted by Gasteiger charge is -2.41. The van der Waals surface area contributed by atoms with E-state index in [1.807, 2.05) is 40.1 Å². The Morgan fingerprint density at radius 2 is 1.74 bits per heavy atom. The van der Waals surface area contributed by atoms with E-state index in [2.05, 4.69) is 0 Å². The molecule has 0 bridgehead atoms.